The second-order valence-electron chi connectivity index (χ2n) is 5.06. The first-order chi connectivity index (χ1) is 8.70. The predicted octanol–water partition coefficient (Wildman–Crippen LogP) is 1.36. The molecule has 18 heavy (non-hydrogen) atoms. The van der Waals surface area contributed by atoms with E-state index in [0.717, 1.165) is 42.7 Å². The molecule has 5 heteroatoms. The average Bonchev–Trinajstić information content (AvgIpc) is 2.71. The van der Waals surface area contributed by atoms with Gasteiger partial charge in [0, 0.05) is 11.7 Å². The number of likely N-dealkylation sites (tertiary alicyclic amines) is 1. The van der Waals surface area contributed by atoms with Crippen LogP contribution in [-0.2, 0) is 0 Å². The molecule has 1 aromatic heterocycles. The van der Waals surface area contributed by atoms with E-state index in [4.69, 9.17) is 0 Å². The summed E-state index contributed by atoms with van der Waals surface area (Å²) in [6.07, 6.45) is 2.33. The highest BCUT2D eigenvalue weighted by Crippen LogP contribution is 2.18. The quantitative estimate of drug-likeness (QED) is 0.749. The molecule has 5 nitrogen and oxygen atoms in total. The van der Waals surface area contributed by atoms with Gasteiger partial charge in [0.15, 0.2) is 0 Å². The Hall–Kier alpha value is -1.75. The van der Waals surface area contributed by atoms with Gasteiger partial charge in [-0.15, -0.1) is 0 Å². The Balaban J connectivity index is 1.76. The van der Waals surface area contributed by atoms with Crippen LogP contribution in [0.5, 0.6) is 0 Å². The van der Waals surface area contributed by atoms with Gasteiger partial charge in [0.05, 0.1) is 11.0 Å². The maximum Gasteiger partial charge on any atom is 0.323 e. The minimum absolute atomic E-state index is 0.151. The molecule has 0 unspecified atom stereocenters. The first-order valence-electron chi connectivity index (χ1n) is 6.38. The van der Waals surface area contributed by atoms with Crippen LogP contribution in [0.4, 0.5) is 5.69 Å². The molecule has 1 saturated heterocycles. The molecule has 0 amide bonds. The number of benzene rings is 1. The number of fused-ring (bicyclic) bond motifs is 1. The number of rotatable bonds is 2. The monoisotopic (exact) mass is 246 g/mol. The van der Waals surface area contributed by atoms with E-state index >= 15 is 0 Å². The summed E-state index contributed by atoms with van der Waals surface area (Å²) in [6.45, 7) is 2.28. The Kier molecular flexibility index (Phi) is 2.83. The van der Waals surface area contributed by atoms with Crippen molar-refractivity contribution < 1.29 is 0 Å². The van der Waals surface area contributed by atoms with Gasteiger partial charge in [0.25, 0.3) is 0 Å². The van der Waals surface area contributed by atoms with Gasteiger partial charge in [-0.25, -0.2) is 4.79 Å². The normalized spacial score (nSPS) is 18.3. The van der Waals surface area contributed by atoms with Crippen LogP contribution in [0.1, 0.15) is 12.8 Å². The molecule has 0 spiro atoms. The summed E-state index contributed by atoms with van der Waals surface area (Å²) in [6, 6.07) is 6.48. The molecule has 1 fully saturated rings. The summed E-state index contributed by atoms with van der Waals surface area (Å²) >= 11 is 0. The zero-order chi connectivity index (χ0) is 12.5. The summed E-state index contributed by atoms with van der Waals surface area (Å²) in [5, 5.41) is 3.54. The molecule has 0 bridgehead atoms. The fourth-order valence-corrected chi connectivity index (χ4v) is 2.51. The van der Waals surface area contributed by atoms with Crippen molar-refractivity contribution in [2.75, 3.05) is 25.5 Å². The molecule has 1 aliphatic rings. The van der Waals surface area contributed by atoms with Gasteiger partial charge in [0.1, 0.15) is 0 Å². The standard InChI is InChI=1S/C13H18N4O/c1-17-6-4-9(5-7-17)14-10-2-3-11-12(8-10)16-13(18)15-11/h2-3,8-9,14H,4-7H2,1H3,(H2,15,16,18). The minimum atomic E-state index is -0.151. The molecule has 1 aliphatic heterocycles. The third-order valence-electron chi connectivity index (χ3n) is 3.61. The van der Waals surface area contributed by atoms with Crippen LogP contribution in [-0.4, -0.2) is 41.0 Å². The molecule has 2 heterocycles. The number of aromatic amines is 2. The topological polar surface area (TPSA) is 63.9 Å². The number of nitrogens with one attached hydrogen (secondary N) is 3. The molecular weight excluding hydrogens is 228 g/mol. The van der Waals surface area contributed by atoms with Crippen molar-refractivity contribution in [1.29, 1.82) is 0 Å². The van der Waals surface area contributed by atoms with E-state index < -0.39 is 0 Å². The van der Waals surface area contributed by atoms with Crippen LogP contribution in [0, 0.1) is 0 Å². The lowest BCUT2D eigenvalue weighted by atomic mass is 10.1. The summed E-state index contributed by atoms with van der Waals surface area (Å²) < 4.78 is 0. The van der Waals surface area contributed by atoms with Gasteiger partial charge in [0.2, 0.25) is 0 Å². The van der Waals surface area contributed by atoms with Gasteiger partial charge < -0.3 is 20.2 Å². The maximum atomic E-state index is 11.2. The number of hydrogen-bond donors (Lipinski definition) is 3. The molecule has 0 aliphatic carbocycles. The van der Waals surface area contributed by atoms with E-state index in [1.54, 1.807) is 0 Å². The Labute approximate surface area is 105 Å². The number of hydrogen-bond acceptors (Lipinski definition) is 3. The molecule has 0 saturated carbocycles. The van der Waals surface area contributed by atoms with E-state index in [1.165, 1.54) is 0 Å². The molecule has 0 radical (unpaired) electrons. The van der Waals surface area contributed by atoms with Crippen molar-refractivity contribution in [3.05, 3.63) is 28.7 Å². The highest BCUT2D eigenvalue weighted by molar-refractivity contribution is 5.78. The fraction of sp³-hybridized carbons (Fsp3) is 0.462. The number of anilines is 1. The minimum Gasteiger partial charge on any atom is -0.382 e. The number of piperidine rings is 1. The highest BCUT2D eigenvalue weighted by Gasteiger charge is 2.16. The summed E-state index contributed by atoms with van der Waals surface area (Å²) in [7, 11) is 2.16. The molecule has 1 aromatic carbocycles. The Bertz CT molecular complexity index is 592. The van der Waals surface area contributed by atoms with Crippen molar-refractivity contribution in [1.82, 2.24) is 14.9 Å². The van der Waals surface area contributed by atoms with Crippen molar-refractivity contribution >= 4 is 16.7 Å². The molecule has 3 rings (SSSR count). The van der Waals surface area contributed by atoms with Crippen LogP contribution in [0.25, 0.3) is 11.0 Å². The van der Waals surface area contributed by atoms with Gasteiger partial charge in [-0.3, -0.25) is 0 Å². The first-order valence-corrected chi connectivity index (χ1v) is 6.38. The number of imidazole rings is 1. The van der Waals surface area contributed by atoms with Crippen LogP contribution in [0.3, 0.4) is 0 Å². The van der Waals surface area contributed by atoms with E-state index in [-0.39, 0.29) is 5.69 Å². The number of aromatic nitrogens is 2. The van der Waals surface area contributed by atoms with E-state index in [2.05, 4.69) is 27.2 Å². The van der Waals surface area contributed by atoms with Crippen molar-refractivity contribution in [3.8, 4) is 0 Å². The summed E-state index contributed by atoms with van der Waals surface area (Å²) in [4.78, 5) is 19.1. The third-order valence-corrected chi connectivity index (χ3v) is 3.61. The molecular formula is C13H18N4O. The largest absolute Gasteiger partial charge is 0.382 e. The van der Waals surface area contributed by atoms with Gasteiger partial charge in [-0.05, 0) is 51.2 Å². The lowest BCUT2D eigenvalue weighted by Gasteiger charge is -2.30. The summed E-state index contributed by atoms with van der Waals surface area (Å²) in [5.41, 5.74) is 2.64. The highest BCUT2D eigenvalue weighted by atomic mass is 16.1. The van der Waals surface area contributed by atoms with Gasteiger partial charge >= 0.3 is 5.69 Å². The zero-order valence-corrected chi connectivity index (χ0v) is 10.5. The molecule has 2 aromatic rings. The lowest BCUT2D eigenvalue weighted by molar-refractivity contribution is 0.264. The van der Waals surface area contributed by atoms with E-state index in [0.29, 0.717) is 6.04 Å². The van der Waals surface area contributed by atoms with Crippen LogP contribution >= 0.6 is 0 Å². The second-order valence-corrected chi connectivity index (χ2v) is 5.06. The van der Waals surface area contributed by atoms with Crippen molar-refractivity contribution in [2.24, 2.45) is 0 Å². The molecule has 3 N–H and O–H groups in total. The van der Waals surface area contributed by atoms with Crippen molar-refractivity contribution in [2.45, 2.75) is 18.9 Å². The Morgan fingerprint density at radius 2 is 1.94 bits per heavy atom. The zero-order valence-electron chi connectivity index (χ0n) is 10.5. The van der Waals surface area contributed by atoms with E-state index in [9.17, 15) is 4.79 Å². The fourth-order valence-electron chi connectivity index (χ4n) is 2.51. The number of H-pyrrole nitrogens is 2. The second kappa shape index (κ2) is 4.49. The molecule has 96 valence electrons. The van der Waals surface area contributed by atoms with Crippen LogP contribution in [0.15, 0.2) is 23.0 Å². The average molecular weight is 246 g/mol. The van der Waals surface area contributed by atoms with Crippen LogP contribution < -0.4 is 11.0 Å². The molecule has 0 atom stereocenters. The third kappa shape index (κ3) is 2.26. The van der Waals surface area contributed by atoms with E-state index in [1.807, 2.05) is 18.2 Å². The SMILES string of the molecule is CN1CCC(Nc2ccc3[nH]c(=O)[nH]c3c2)CC1. The summed E-state index contributed by atoms with van der Waals surface area (Å²) in [5.74, 6) is 0. The maximum absolute atomic E-state index is 11.2. The van der Waals surface area contributed by atoms with Crippen molar-refractivity contribution in [3.63, 3.8) is 0 Å². The van der Waals surface area contributed by atoms with Crippen LogP contribution in [0.2, 0.25) is 0 Å². The Morgan fingerprint density at radius 3 is 2.72 bits per heavy atom. The first kappa shape index (κ1) is 11.3. The number of nitrogens with zero attached hydrogens (tertiary/aromatic N) is 1. The Morgan fingerprint density at radius 1 is 1.22 bits per heavy atom. The van der Waals surface area contributed by atoms with Gasteiger partial charge in [-0.1, -0.05) is 0 Å². The lowest BCUT2D eigenvalue weighted by Crippen LogP contribution is -2.36. The predicted molar refractivity (Wildman–Crippen MR) is 73.1 cm³/mol. The van der Waals surface area contributed by atoms with Gasteiger partial charge in [-0.2, -0.15) is 0 Å². The smallest absolute Gasteiger partial charge is 0.323 e.